The molecule has 0 N–H and O–H groups in total. The molecule has 0 aliphatic rings. The second-order valence-electron chi connectivity index (χ2n) is 3.77. The van der Waals surface area contributed by atoms with Crippen LogP contribution in [0.2, 0.25) is 0 Å². The quantitative estimate of drug-likeness (QED) is 0.722. The maximum absolute atomic E-state index is 5.05. The first-order valence-corrected chi connectivity index (χ1v) is 5.24. The van der Waals surface area contributed by atoms with Crippen molar-refractivity contribution in [1.82, 2.24) is 9.78 Å². The molecule has 3 heteroatoms. The number of rotatable bonds is 5. The Morgan fingerprint density at radius 2 is 2.21 bits per heavy atom. The molecule has 0 saturated carbocycles. The monoisotopic (exact) mass is 196 g/mol. The Bertz CT molecular complexity index is 279. The van der Waals surface area contributed by atoms with Gasteiger partial charge in [-0.25, -0.2) is 0 Å². The maximum atomic E-state index is 5.05. The molecule has 80 valence electrons. The first-order valence-electron chi connectivity index (χ1n) is 5.24. The van der Waals surface area contributed by atoms with E-state index in [-0.39, 0.29) is 0 Å². The Balaban J connectivity index is 2.84. The fourth-order valence-corrected chi connectivity index (χ4v) is 1.66. The zero-order valence-corrected chi connectivity index (χ0v) is 9.58. The van der Waals surface area contributed by atoms with Gasteiger partial charge in [0.25, 0.3) is 0 Å². The topological polar surface area (TPSA) is 27.1 Å². The summed E-state index contributed by atoms with van der Waals surface area (Å²) in [6.07, 6.45) is 3.02. The number of methoxy groups -OCH3 is 1. The van der Waals surface area contributed by atoms with E-state index in [0.717, 1.165) is 19.6 Å². The summed E-state index contributed by atoms with van der Waals surface area (Å²) in [7, 11) is 1.72. The zero-order valence-electron chi connectivity index (χ0n) is 9.58. The summed E-state index contributed by atoms with van der Waals surface area (Å²) < 4.78 is 7.11. The summed E-state index contributed by atoms with van der Waals surface area (Å²) in [4.78, 5) is 0. The van der Waals surface area contributed by atoms with Gasteiger partial charge in [0.15, 0.2) is 0 Å². The second-order valence-corrected chi connectivity index (χ2v) is 3.77. The van der Waals surface area contributed by atoms with Crippen LogP contribution in [-0.4, -0.2) is 23.5 Å². The molecule has 0 atom stereocenters. The zero-order chi connectivity index (χ0) is 10.6. The molecular formula is C11H20N2O. The van der Waals surface area contributed by atoms with Gasteiger partial charge in [-0.15, -0.1) is 0 Å². The van der Waals surface area contributed by atoms with Crippen molar-refractivity contribution in [2.75, 3.05) is 13.7 Å². The number of ether oxygens (including phenoxy) is 1. The van der Waals surface area contributed by atoms with E-state index in [1.54, 1.807) is 7.11 Å². The number of aromatic nitrogens is 2. The third-order valence-electron chi connectivity index (χ3n) is 2.45. The Kier molecular flexibility index (Phi) is 4.14. The minimum atomic E-state index is 0.557. The van der Waals surface area contributed by atoms with Crippen LogP contribution >= 0.6 is 0 Å². The highest BCUT2D eigenvalue weighted by Crippen LogP contribution is 2.19. The van der Waals surface area contributed by atoms with Crippen LogP contribution < -0.4 is 0 Å². The predicted octanol–water partition coefficient (Wildman–Crippen LogP) is 2.22. The third kappa shape index (κ3) is 2.35. The third-order valence-corrected chi connectivity index (χ3v) is 2.45. The first-order chi connectivity index (χ1) is 6.70. The van der Waals surface area contributed by atoms with E-state index in [1.165, 1.54) is 11.3 Å². The predicted molar refractivity (Wildman–Crippen MR) is 57.6 cm³/mol. The molecule has 0 saturated heterocycles. The van der Waals surface area contributed by atoms with Crippen molar-refractivity contribution in [2.24, 2.45) is 0 Å². The average molecular weight is 196 g/mol. The van der Waals surface area contributed by atoms with Crippen LogP contribution in [0.1, 0.15) is 37.9 Å². The molecule has 1 heterocycles. The standard InChI is InChI=1S/C11H20N2O/c1-5-11-10(9(2)3)8-12-13(11)6-7-14-4/h8-9H,5-7H2,1-4H3. The highest BCUT2D eigenvalue weighted by Gasteiger charge is 2.11. The van der Waals surface area contributed by atoms with Crippen LogP contribution in [-0.2, 0) is 17.7 Å². The van der Waals surface area contributed by atoms with Crippen molar-refractivity contribution in [3.05, 3.63) is 17.5 Å². The minimum absolute atomic E-state index is 0.557. The van der Waals surface area contributed by atoms with E-state index in [2.05, 4.69) is 30.6 Å². The van der Waals surface area contributed by atoms with Gasteiger partial charge in [0.2, 0.25) is 0 Å². The van der Waals surface area contributed by atoms with Crippen molar-refractivity contribution in [1.29, 1.82) is 0 Å². The molecule has 1 rings (SSSR count). The van der Waals surface area contributed by atoms with E-state index >= 15 is 0 Å². The van der Waals surface area contributed by atoms with Crippen molar-refractivity contribution in [3.63, 3.8) is 0 Å². The van der Waals surface area contributed by atoms with Gasteiger partial charge in [0, 0.05) is 12.8 Å². The molecule has 0 spiro atoms. The number of hydrogen-bond donors (Lipinski definition) is 0. The van der Waals surface area contributed by atoms with Crippen molar-refractivity contribution in [2.45, 2.75) is 39.7 Å². The molecule has 0 bridgehead atoms. The maximum Gasteiger partial charge on any atom is 0.0658 e. The molecule has 1 aromatic heterocycles. The van der Waals surface area contributed by atoms with Gasteiger partial charge in [-0.05, 0) is 17.9 Å². The Labute approximate surface area is 86.1 Å². The molecule has 0 aliphatic heterocycles. The lowest BCUT2D eigenvalue weighted by Crippen LogP contribution is -2.09. The van der Waals surface area contributed by atoms with E-state index in [1.807, 2.05) is 6.20 Å². The van der Waals surface area contributed by atoms with Gasteiger partial charge < -0.3 is 4.74 Å². The lowest BCUT2D eigenvalue weighted by Gasteiger charge is -2.08. The molecule has 0 aliphatic carbocycles. The highest BCUT2D eigenvalue weighted by atomic mass is 16.5. The summed E-state index contributed by atoms with van der Waals surface area (Å²) in [5, 5.41) is 4.38. The Morgan fingerprint density at radius 1 is 1.50 bits per heavy atom. The number of nitrogens with zero attached hydrogens (tertiary/aromatic N) is 2. The van der Waals surface area contributed by atoms with Gasteiger partial charge in [0.1, 0.15) is 0 Å². The van der Waals surface area contributed by atoms with E-state index in [0.29, 0.717) is 5.92 Å². The SMILES string of the molecule is CCc1c(C(C)C)cnn1CCOC. The molecule has 0 fully saturated rings. The van der Waals surface area contributed by atoms with Gasteiger partial charge in [0.05, 0.1) is 19.3 Å². The van der Waals surface area contributed by atoms with Crippen LogP contribution in [0.5, 0.6) is 0 Å². The van der Waals surface area contributed by atoms with Crippen molar-refractivity contribution < 1.29 is 4.74 Å². The van der Waals surface area contributed by atoms with Gasteiger partial charge in [-0.1, -0.05) is 20.8 Å². The fraction of sp³-hybridized carbons (Fsp3) is 0.727. The normalized spacial score (nSPS) is 11.2. The molecule has 0 unspecified atom stereocenters. The molecular weight excluding hydrogens is 176 g/mol. The lowest BCUT2D eigenvalue weighted by molar-refractivity contribution is 0.182. The van der Waals surface area contributed by atoms with Gasteiger partial charge in [-0.2, -0.15) is 5.10 Å². The summed E-state index contributed by atoms with van der Waals surface area (Å²) in [5.74, 6) is 0.557. The molecule has 0 amide bonds. The molecule has 0 aromatic carbocycles. The van der Waals surface area contributed by atoms with E-state index < -0.39 is 0 Å². The van der Waals surface area contributed by atoms with Crippen LogP contribution in [0, 0.1) is 0 Å². The molecule has 3 nitrogen and oxygen atoms in total. The van der Waals surface area contributed by atoms with Crippen molar-refractivity contribution in [3.8, 4) is 0 Å². The Morgan fingerprint density at radius 3 is 2.71 bits per heavy atom. The minimum Gasteiger partial charge on any atom is -0.383 e. The average Bonchev–Trinajstić information content (AvgIpc) is 2.57. The lowest BCUT2D eigenvalue weighted by atomic mass is 10.0. The molecule has 0 radical (unpaired) electrons. The van der Waals surface area contributed by atoms with Gasteiger partial charge >= 0.3 is 0 Å². The second kappa shape index (κ2) is 5.15. The van der Waals surface area contributed by atoms with E-state index in [4.69, 9.17) is 4.74 Å². The van der Waals surface area contributed by atoms with Crippen LogP contribution in [0.25, 0.3) is 0 Å². The number of hydrogen-bond acceptors (Lipinski definition) is 2. The fourth-order valence-electron chi connectivity index (χ4n) is 1.66. The Hall–Kier alpha value is -0.830. The highest BCUT2D eigenvalue weighted by molar-refractivity contribution is 5.21. The first kappa shape index (κ1) is 11.2. The van der Waals surface area contributed by atoms with Gasteiger partial charge in [-0.3, -0.25) is 4.68 Å². The largest absolute Gasteiger partial charge is 0.383 e. The van der Waals surface area contributed by atoms with E-state index in [9.17, 15) is 0 Å². The molecule has 14 heavy (non-hydrogen) atoms. The van der Waals surface area contributed by atoms with Crippen molar-refractivity contribution >= 4 is 0 Å². The summed E-state index contributed by atoms with van der Waals surface area (Å²) in [6.45, 7) is 8.17. The summed E-state index contributed by atoms with van der Waals surface area (Å²) in [5.41, 5.74) is 2.71. The smallest absolute Gasteiger partial charge is 0.0658 e. The van der Waals surface area contributed by atoms with Crippen LogP contribution in [0.15, 0.2) is 6.20 Å². The van der Waals surface area contributed by atoms with Crippen LogP contribution in [0.4, 0.5) is 0 Å². The summed E-state index contributed by atoms with van der Waals surface area (Å²) in [6, 6.07) is 0. The molecule has 1 aromatic rings. The van der Waals surface area contributed by atoms with Crippen LogP contribution in [0.3, 0.4) is 0 Å². The summed E-state index contributed by atoms with van der Waals surface area (Å²) >= 11 is 0.